The minimum Gasteiger partial charge on any atom is -0.309 e. The highest BCUT2D eigenvalue weighted by Crippen LogP contribution is 2.27. The Kier molecular flexibility index (Phi) is 4.17. The number of fused-ring (bicyclic) bond motifs is 2. The lowest BCUT2D eigenvalue weighted by Gasteiger charge is -2.07. The maximum absolute atomic E-state index is 12.4. The van der Waals surface area contributed by atoms with Crippen molar-refractivity contribution in [1.29, 1.82) is 0 Å². The van der Waals surface area contributed by atoms with Gasteiger partial charge >= 0.3 is 0 Å². The van der Waals surface area contributed by atoms with Crippen LogP contribution in [-0.4, -0.2) is 16.1 Å². The number of hydrogen-bond donors (Lipinski definition) is 2. The second-order valence-corrected chi connectivity index (χ2v) is 7.37. The van der Waals surface area contributed by atoms with Crippen LogP contribution >= 0.6 is 0 Å². The lowest BCUT2D eigenvalue weighted by Crippen LogP contribution is -2.15. The van der Waals surface area contributed by atoms with Gasteiger partial charge in [-0.3, -0.25) is 9.89 Å². The first kappa shape index (κ1) is 16.8. The molecule has 0 bridgehead atoms. The molecule has 0 unspecified atom stereocenters. The van der Waals surface area contributed by atoms with Crippen LogP contribution in [0.2, 0.25) is 0 Å². The van der Waals surface area contributed by atoms with Gasteiger partial charge in [0.05, 0.1) is 6.42 Å². The number of carbonyl (C=O) groups is 1. The smallest absolute Gasteiger partial charge is 0.230 e. The molecule has 4 heteroatoms. The Balaban J connectivity index is 1.29. The Bertz CT molecular complexity index is 1160. The van der Waals surface area contributed by atoms with Crippen molar-refractivity contribution in [3.8, 4) is 11.1 Å². The van der Waals surface area contributed by atoms with Gasteiger partial charge in [0.1, 0.15) is 0 Å². The van der Waals surface area contributed by atoms with Crippen LogP contribution in [0.4, 0.5) is 5.82 Å². The Morgan fingerprint density at radius 3 is 2.57 bits per heavy atom. The van der Waals surface area contributed by atoms with Crippen LogP contribution in [0.3, 0.4) is 0 Å². The SMILES string of the molecule is O=C(Cc1ccc(-c2ccc3ccccc3c2)cc1)Nc1n[nH]c2c1CCC2. The summed E-state index contributed by atoms with van der Waals surface area (Å²) in [6, 6.07) is 23.1. The zero-order chi connectivity index (χ0) is 18.9. The highest BCUT2D eigenvalue weighted by atomic mass is 16.1. The molecule has 4 aromatic rings. The van der Waals surface area contributed by atoms with E-state index in [1.54, 1.807) is 0 Å². The van der Waals surface area contributed by atoms with Crippen molar-refractivity contribution in [1.82, 2.24) is 10.2 Å². The van der Waals surface area contributed by atoms with E-state index in [4.69, 9.17) is 0 Å². The molecule has 5 rings (SSSR count). The summed E-state index contributed by atoms with van der Waals surface area (Å²) < 4.78 is 0. The van der Waals surface area contributed by atoms with Gasteiger partial charge in [0.15, 0.2) is 5.82 Å². The van der Waals surface area contributed by atoms with E-state index in [1.165, 1.54) is 21.9 Å². The summed E-state index contributed by atoms with van der Waals surface area (Å²) in [5.74, 6) is 0.671. The summed E-state index contributed by atoms with van der Waals surface area (Å²) >= 11 is 0. The van der Waals surface area contributed by atoms with E-state index in [1.807, 2.05) is 12.1 Å². The van der Waals surface area contributed by atoms with Crippen LogP contribution in [0.1, 0.15) is 23.2 Å². The summed E-state index contributed by atoms with van der Waals surface area (Å²) in [7, 11) is 0. The fourth-order valence-corrected chi connectivity index (χ4v) is 3.97. The van der Waals surface area contributed by atoms with Crippen molar-refractivity contribution >= 4 is 22.5 Å². The minimum absolute atomic E-state index is 0.0281. The van der Waals surface area contributed by atoms with Crippen LogP contribution in [0.5, 0.6) is 0 Å². The molecule has 1 heterocycles. The number of hydrogen-bond acceptors (Lipinski definition) is 2. The highest BCUT2D eigenvalue weighted by molar-refractivity contribution is 5.92. The quantitative estimate of drug-likeness (QED) is 0.539. The third-order valence-corrected chi connectivity index (χ3v) is 5.47. The van der Waals surface area contributed by atoms with Crippen LogP contribution in [0.15, 0.2) is 66.7 Å². The van der Waals surface area contributed by atoms with Gasteiger partial charge in [-0.25, -0.2) is 0 Å². The predicted octanol–water partition coefficient (Wildman–Crippen LogP) is 4.90. The third-order valence-electron chi connectivity index (χ3n) is 5.47. The second-order valence-electron chi connectivity index (χ2n) is 7.37. The second kappa shape index (κ2) is 6.97. The first-order chi connectivity index (χ1) is 13.8. The van der Waals surface area contributed by atoms with Crippen LogP contribution in [-0.2, 0) is 24.1 Å². The number of anilines is 1. The molecule has 1 aliphatic rings. The van der Waals surface area contributed by atoms with Gasteiger partial charge in [-0.2, -0.15) is 5.10 Å². The van der Waals surface area contributed by atoms with Gasteiger partial charge in [-0.05, 0) is 52.8 Å². The number of nitrogens with zero attached hydrogens (tertiary/aromatic N) is 1. The number of aromatic nitrogens is 2. The summed E-state index contributed by atoms with van der Waals surface area (Å²) in [5.41, 5.74) is 5.66. The summed E-state index contributed by atoms with van der Waals surface area (Å²) in [6.07, 6.45) is 3.48. The Morgan fingerprint density at radius 1 is 0.929 bits per heavy atom. The van der Waals surface area contributed by atoms with Crippen molar-refractivity contribution in [3.05, 3.63) is 83.6 Å². The van der Waals surface area contributed by atoms with E-state index in [-0.39, 0.29) is 5.91 Å². The largest absolute Gasteiger partial charge is 0.309 e. The molecular formula is C24H21N3O. The van der Waals surface area contributed by atoms with Gasteiger partial charge in [0.2, 0.25) is 5.91 Å². The van der Waals surface area contributed by atoms with E-state index >= 15 is 0 Å². The number of nitrogens with one attached hydrogen (secondary N) is 2. The normalized spacial score (nSPS) is 12.9. The highest BCUT2D eigenvalue weighted by Gasteiger charge is 2.19. The average molecular weight is 367 g/mol. The van der Waals surface area contributed by atoms with Crippen LogP contribution < -0.4 is 5.32 Å². The number of aromatic amines is 1. The van der Waals surface area contributed by atoms with E-state index in [0.29, 0.717) is 12.2 Å². The molecule has 0 fully saturated rings. The Hall–Kier alpha value is -3.40. The maximum Gasteiger partial charge on any atom is 0.230 e. The van der Waals surface area contributed by atoms with Crippen molar-refractivity contribution in [2.45, 2.75) is 25.7 Å². The lowest BCUT2D eigenvalue weighted by atomic mass is 9.99. The summed E-state index contributed by atoms with van der Waals surface area (Å²) in [4.78, 5) is 12.4. The van der Waals surface area contributed by atoms with Gasteiger partial charge in [0, 0.05) is 11.3 Å². The molecule has 0 aliphatic heterocycles. The fourth-order valence-electron chi connectivity index (χ4n) is 3.97. The molecule has 1 aromatic heterocycles. The molecule has 0 saturated carbocycles. The molecular weight excluding hydrogens is 346 g/mol. The summed E-state index contributed by atoms with van der Waals surface area (Å²) in [6.45, 7) is 0. The van der Waals surface area contributed by atoms with Gasteiger partial charge in [0.25, 0.3) is 0 Å². The Morgan fingerprint density at radius 2 is 1.71 bits per heavy atom. The van der Waals surface area contributed by atoms with Crippen molar-refractivity contribution in [3.63, 3.8) is 0 Å². The topological polar surface area (TPSA) is 57.8 Å². The number of carbonyl (C=O) groups excluding carboxylic acids is 1. The van der Waals surface area contributed by atoms with Crippen molar-refractivity contribution in [2.24, 2.45) is 0 Å². The first-order valence-electron chi connectivity index (χ1n) is 9.70. The molecule has 2 N–H and O–H groups in total. The number of benzene rings is 3. The molecule has 28 heavy (non-hydrogen) atoms. The number of aryl methyl sites for hydroxylation is 1. The maximum atomic E-state index is 12.4. The standard InChI is InChI=1S/C24H21N3O/c28-23(25-24-21-6-3-7-22(21)26-27-24)14-16-8-10-18(11-9-16)20-13-12-17-4-1-2-5-19(17)15-20/h1-2,4-5,8-13,15H,3,6-7,14H2,(H2,25,26,27,28). The van der Waals surface area contributed by atoms with Crippen molar-refractivity contribution in [2.75, 3.05) is 5.32 Å². The first-order valence-corrected chi connectivity index (χ1v) is 9.70. The van der Waals surface area contributed by atoms with Gasteiger partial charge in [-0.15, -0.1) is 0 Å². The molecule has 4 nitrogen and oxygen atoms in total. The van der Waals surface area contributed by atoms with Gasteiger partial charge in [-0.1, -0.05) is 60.7 Å². The number of H-pyrrole nitrogens is 1. The Labute approximate surface area is 163 Å². The molecule has 0 spiro atoms. The van der Waals surface area contributed by atoms with E-state index < -0.39 is 0 Å². The molecule has 1 amide bonds. The average Bonchev–Trinajstić information content (AvgIpc) is 3.33. The van der Waals surface area contributed by atoms with Crippen molar-refractivity contribution < 1.29 is 4.79 Å². The molecule has 0 radical (unpaired) electrons. The van der Waals surface area contributed by atoms with Crippen LogP contribution in [0, 0.1) is 0 Å². The number of amides is 1. The molecule has 0 saturated heterocycles. The molecule has 1 aliphatic carbocycles. The molecule has 0 atom stereocenters. The van der Waals surface area contributed by atoms with E-state index in [2.05, 4.69) is 70.1 Å². The predicted molar refractivity (Wildman–Crippen MR) is 112 cm³/mol. The van der Waals surface area contributed by atoms with Gasteiger partial charge < -0.3 is 5.32 Å². The van der Waals surface area contributed by atoms with Crippen LogP contribution in [0.25, 0.3) is 21.9 Å². The number of rotatable bonds is 4. The molecule has 3 aromatic carbocycles. The monoisotopic (exact) mass is 367 g/mol. The zero-order valence-corrected chi connectivity index (χ0v) is 15.5. The third kappa shape index (κ3) is 3.18. The lowest BCUT2D eigenvalue weighted by molar-refractivity contribution is -0.115. The van der Waals surface area contributed by atoms with E-state index in [9.17, 15) is 4.79 Å². The zero-order valence-electron chi connectivity index (χ0n) is 15.5. The minimum atomic E-state index is -0.0281. The summed E-state index contributed by atoms with van der Waals surface area (Å²) in [5, 5.41) is 12.7. The fraction of sp³-hybridized carbons (Fsp3) is 0.167. The molecule has 138 valence electrons. The van der Waals surface area contributed by atoms with E-state index in [0.717, 1.165) is 36.1 Å².